The number of ether oxygens (including phenoxy) is 1. The van der Waals surface area contributed by atoms with Gasteiger partial charge in [0.2, 0.25) is 5.91 Å². The van der Waals surface area contributed by atoms with Gasteiger partial charge in [-0.05, 0) is 25.7 Å². The van der Waals surface area contributed by atoms with Gasteiger partial charge in [-0.2, -0.15) is 0 Å². The molecule has 0 radical (unpaired) electrons. The van der Waals surface area contributed by atoms with Crippen molar-refractivity contribution < 1.29 is 24.2 Å². The first-order chi connectivity index (χ1) is 10.8. The second-order valence-electron chi connectivity index (χ2n) is 6.30. The van der Waals surface area contributed by atoms with Crippen molar-refractivity contribution in [2.24, 2.45) is 11.8 Å². The number of hydrogen-bond donors (Lipinski definition) is 2. The van der Waals surface area contributed by atoms with Gasteiger partial charge in [0.05, 0.1) is 13.0 Å². The van der Waals surface area contributed by atoms with E-state index in [9.17, 15) is 19.5 Å². The number of amides is 1. The van der Waals surface area contributed by atoms with Crippen LogP contribution in [0.1, 0.15) is 40.0 Å². The maximum absolute atomic E-state index is 11.7. The van der Waals surface area contributed by atoms with E-state index in [4.69, 9.17) is 4.74 Å². The van der Waals surface area contributed by atoms with Gasteiger partial charge in [0, 0.05) is 26.1 Å². The van der Waals surface area contributed by atoms with E-state index in [0.29, 0.717) is 13.1 Å². The molecular weight excluding hydrogens is 336 g/mol. The smallest absolute Gasteiger partial charge is 0.320 e. The molecule has 0 saturated carbocycles. The Kier molecular flexibility index (Phi) is 9.92. The number of aliphatic carboxylic acids is 1. The minimum atomic E-state index is -0.918. The number of hydrogen-bond acceptors (Lipinski definition) is 5. The molecule has 2 unspecified atom stereocenters. The first kappa shape index (κ1) is 22.7. The Morgan fingerprint density at radius 2 is 2.00 bits per heavy atom. The van der Waals surface area contributed by atoms with Gasteiger partial charge in [0.15, 0.2) is 0 Å². The lowest BCUT2D eigenvalue weighted by atomic mass is 9.95. The van der Waals surface area contributed by atoms with Gasteiger partial charge in [0.1, 0.15) is 6.04 Å². The quantitative estimate of drug-likeness (QED) is 0.630. The molecule has 0 aromatic carbocycles. The molecule has 2 N–H and O–H groups in total. The molecule has 1 heterocycles. The Morgan fingerprint density at radius 1 is 1.38 bits per heavy atom. The topological polar surface area (TPSA) is 95.9 Å². The molecule has 0 bridgehead atoms. The van der Waals surface area contributed by atoms with Crippen LogP contribution in [0.3, 0.4) is 0 Å². The maximum Gasteiger partial charge on any atom is 0.320 e. The van der Waals surface area contributed by atoms with Crippen molar-refractivity contribution in [1.29, 1.82) is 0 Å². The largest absolute Gasteiger partial charge is 0.480 e. The number of carbonyl (C=O) groups is 3. The summed E-state index contributed by atoms with van der Waals surface area (Å²) in [5.41, 5.74) is 0. The first-order valence-electron chi connectivity index (χ1n) is 8.11. The highest BCUT2D eigenvalue weighted by Gasteiger charge is 2.41. The molecule has 1 rings (SSSR count). The van der Waals surface area contributed by atoms with E-state index < -0.39 is 17.9 Å². The number of methoxy groups -OCH3 is 1. The molecule has 1 fully saturated rings. The van der Waals surface area contributed by atoms with Crippen molar-refractivity contribution >= 4 is 30.3 Å². The number of likely N-dealkylation sites (tertiary alicyclic amines) is 1. The Bertz CT molecular complexity index is 446. The molecule has 1 aliphatic heterocycles. The summed E-state index contributed by atoms with van der Waals surface area (Å²) in [6.45, 7) is 6.40. The number of nitrogens with zero attached hydrogens (tertiary/aromatic N) is 1. The van der Waals surface area contributed by atoms with E-state index in [-0.39, 0.29) is 42.7 Å². The fourth-order valence-electron chi connectivity index (χ4n) is 3.31. The van der Waals surface area contributed by atoms with Crippen molar-refractivity contribution in [3.63, 3.8) is 0 Å². The fraction of sp³-hybridized carbons (Fsp3) is 0.812. The fourth-order valence-corrected chi connectivity index (χ4v) is 3.31. The van der Waals surface area contributed by atoms with E-state index in [1.807, 2.05) is 11.8 Å². The predicted molar refractivity (Wildman–Crippen MR) is 92.0 cm³/mol. The Hall–Kier alpha value is -1.34. The number of carboxylic acids is 1. The molecule has 8 heteroatoms. The summed E-state index contributed by atoms with van der Waals surface area (Å²) in [6.07, 6.45) is 2.10. The summed E-state index contributed by atoms with van der Waals surface area (Å²) in [6, 6.07) is -0.720. The molecule has 1 aliphatic rings. The Morgan fingerprint density at radius 3 is 2.46 bits per heavy atom. The lowest BCUT2D eigenvalue weighted by Gasteiger charge is -2.30. The summed E-state index contributed by atoms with van der Waals surface area (Å²) >= 11 is 0. The molecule has 1 amide bonds. The van der Waals surface area contributed by atoms with Crippen molar-refractivity contribution in [3.8, 4) is 0 Å². The van der Waals surface area contributed by atoms with Crippen LogP contribution in [-0.2, 0) is 19.1 Å². The Balaban J connectivity index is 0.00000529. The summed E-state index contributed by atoms with van der Waals surface area (Å²) in [5, 5.41) is 12.3. The summed E-state index contributed by atoms with van der Waals surface area (Å²) in [5.74, 6) is -1.64. The number of rotatable bonds is 8. The van der Waals surface area contributed by atoms with Crippen LogP contribution in [0.5, 0.6) is 0 Å². The van der Waals surface area contributed by atoms with Crippen molar-refractivity contribution in [2.45, 2.75) is 52.1 Å². The molecule has 4 atom stereocenters. The third-order valence-electron chi connectivity index (χ3n) is 4.49. The van der Waals surface area contributed by atoms with Gasteiger partial charge in [0.25, 0.3) is 0 Å². The number of esters is 1. The molecule has 0 aliphatic carbocycles. The second-order valence-corrected chi connectivity index (χ2v) is 6.30. The molecule has 7 nitrogen and oxygen atoms in total. The number of nitrogens with one attached hydrogen (secondary N) is 1. The van der Waals surface area contributed by atoms with Gasteiger partial charge in [-0.15, -0.1) is 12.4 Å². The average molecular weight is 365 g/mol. The van der Waals surface area contributed by atoms with E-state index >= 15 is 0 Å². The zero-order valence-electron chi connectivity index (χ0n) is 14.8. The summed E-state index contributed by atoms with van der Waals surface area (Å²) in [4.78, 5) is 36.3. The van der Waals surface area contributed by atoms with Crippen LogP contribution >= 0.6 is 12.4 Å². The van der Waals surface area contributed by atoms with E-state index in [1.165, 1.54) is 14.0 Å². The lowest BCUT2D eigenvalue weighted by molar-refractivity contribution is -0.145. The zero-order valence-corrected chi connectivity index (χ0v) is 15.6. The van der Waals surface area contributed by atoms with Crippen LogP contribution < -0.4 is 5.32 Å². The van der Waals surface area contributed by atoms with Crippen LogP contribution in [0.15, 0.2) is 0 Å². The minimum Gasteiger partial charge on any atom is -0.480 e. The van der Waals surface area contributed by atoms with Crippen LogP contribution in [0, 0.1) is 11.8 Å². The van der Waals surface area contributed by atoms with Crippen LogP contribution in [0.4, 0.5) is 0 Å². The lowest BCUT2D eigenvalue weighted by Crippen LogP contribution is -2.45. The van der Waals surface area contributed by atoms with Crippen LogP contribution in [0.2, 0.25) is 0 Å². The monoisotopic (exact) mass is 364 g/mol. The number of carboxylic acid groups (broad SMARTS) is 1. The average Bonchev–Trinajstić information content (AvgIpc) is 2.89. The molecular formula is C16H29ClN2O5. The molecule has 24 heavy (non-hydrogen) atoms. The SMILES string of the molecule is CCCC(CN1C[C@H](C(=O)OC)C[C@@H]1C(=O)O)C(C)NC(C)=O.Cl. The standard InChI is InChI=1S/C16H28N2O5.ClH/c1-5-6-12(10(2)17-11(3)19)8-18-9-13(16(22)23-4)7-14(18)15(20)21;/h10,12-14H,5-9H2,1-4H3,(H,17,19)(H,20,21);1H/t10?,12?,13-,14-;/m1./s1. The van der Waals surface area contributed by atoms with Crippen molar-refractivity contribution in [2.75, 3.05) is 20.2 Å². The van der Waals surface area contributed by atoms with Gasteiger partial charge in [-0.25, -0.2) is 0 Å². The highest BCUT2D eigenvalue weighted by atomic mass is 35.5. The van der Waals surface area contributed by atoms with Crippen molar-refractivity contribution in [3.05, 3.63) is 0 Å². The highest BCUT2D eigenvalue weighted by molar-refractivity contribution is 5.85. The molecule has 1 saturated heterocycles. The van der Waals surface area contributed by atoms with E-state index in [1.54, 1.807) is 0 Å². The first-order valence-corrected chi connectivity index (χ1v) is 8.11. The molecule has 0 aromatic heterocycles. The third-order valence-corrected chi connectivity index (χ3v) is 4.49. The summed E-state index contributed by atoms with van der Waals surface area (Å²) < 4.78 is 4.75. The van der Waals surface area contributed by atoms with E-state index in [0.717, 1.165) is 12.8 Å². The van der Waals surface area contributed by atoms with E-state index in [2.05, 4.69) is 12.2 Å². The van der Waals surface area contributed by atoms with Crippen LogP contribution in [-0.4, -0.2) is 60.1 Å². The molecule has 140 valence electrons. The van der Waals surface area contributed by atoms with Crippen LogP contribution in [0.25, 0.3) is 0 Å². The van der Waals surface area contributed by atoms with Gasteiger partial charge in [-0.1, -0.05) is 13.3 Å². The predicted octanol–water partition coefficient (Wildman–Crippen LogP) is 1.30. The van der Waals surface area contributed by atoms with Gasteiger partial charge < -0.3 is 15.2 Å². The van der Waals surface area contributed by atoms with Gasteiger partial charge in [-0.3, -0.25) is 19.3 Å². The zero-order chi connectivity index (χ0) is 17.6. The maximum atomic E-state index is 11.7. The highest BCUT2D eigenvalue weighted by Crippen LogP contribution is 2.27. The Labute approximate surface area is 149 Å². The molecule has 0 aromatic rings. The van der Waals surface area contributed by atoms with Crippen molar-refractivity contribution in [1.82, 2.24) is 10.2 Å². The normalized spacial score (nSPS) is 23.0. The second kappa shape index (κ2) is 10.5. The number of carbonyl (C=O) groups excluding carboxylic acids is 2. The van der Waals surface area contributed by atoms with Gasteiger partial charge >= 0.3 is 11.9 Å². The summed E-state index contributed by atoms with van der Waals surface area (Å²) in [7, 11) is 1.32. The molecule has 0 spiro atoms. The third kappa shape index (κ3) is 6.28. The minimum absolute atomic E-state index is 0. The number of halogens is 1.